The second-order valence-electron chi connectivity index (χ2n) is 9.91. The van der Waals surface area contributed by atoms with Gasteiger partial charge in [0.1, 0.15) is 0 Å². The molecule has 0 spiro atoms. The second kappa shape index (κ2) is 13.0. The molecule has 0 aliphatic carbocycles. The van der Waals surface area contributed by atoms with E-state index in [0.29, 0.717) is 12.8 Å². The van der Waals surface area contributed by atoms with Crippen LogP contribution >= 0.6 is 0 Å². The summed E-state index contributed by atoms with van der Waals surface area (Å²) in [5.74, 6) is -0.956. The molecule has 0 fully saturated rings. The summed E-state index contributed by atoms with van der Waals surface area (Å²) in [6.07, 6.45) is 3.82. The number of ether oxygens (including phenoxy) is 1. The van der Waals surface area contributed by atoms with Gasteiger partial charge in [-0.3, -0.25) is 29.3 Å². The van der Waals surface area contributed by atoms with E-state index < -0.39 is 29.6 Å². The molecule has 194 valence electrons. The van der Waals surface area contributed by atoms with Gasteiger partial charge in [-0.25, -0.2) is 5.01 Å². The van der Waals surface area contributed by atoms with Crippen molar-refractivity contribution in [3.8, 4) is 0 Å². The summed E-state index contributed by atoms with van der Waals surface area (Å²) in [7, 11) is 5.18. The second-order valence-corrected chi connectivity index (χ2v) is 9.91. The number of carbonyl (C=O) groups excluding carboxylic acids is 3. The van der Waals surface area contributed by atoms with Crippen molar-refractivity contribution in [1.29, 1.82) is 0 Å². The molecule has 0 aliphatic heterocycles. The first-order valence-corrected chi connectivity index (χ1v) is 12.1. The average Bonchev–Trinajstić information content (AvgIpc) is 3.31. The minimum Gasteiger partial charge on any atom is -0.379 e. The smallest absolute Gasteiger partial charge is 0.261 e. The van der Waals surface area contributed by atoms with Gasteiger partial charge in [0.05, 0.1) is 30.1 Å². The molecule has 0 radical (unpaired) electrons. The van der Waals surface area contributed by atoms with E-state index in [9.17, 15) is 14.4 Å². The number of hydrogen-bond acceptors (Lipinski definition) is 6. The summed E-state index contributed by atoms with van der Waals surface area (Å²) in [6.45, 7) is 11.4. The Kier molecular flexibility index (Phi) is 11.4. The average molecular weight is 480 g/mol. The first-order chi connectivity index (χ1) is 15.8. The lowest BCUT2D eigenvalue weighted by molar-refractivity contribution is -0.157. The molecule has 0 bridgehead atoms. The number of carbonyl (C=O) groups is 3. The van der Waals surface area contributed by atoms with Gasteiger partial charge < -0.3 is 10.5 Å². The summed E-state index contributed by atoms with van der Waals surface area (Å²) in [5.41, 5.74) is 8.05. The normalized spacial score (nSPS) is 17.1. The fourth-order valence-corrected chi connectivity index (χ4v) is 4.16. The highest BCUT2D eigenvalue weighted by molar-refractivity contribution is 5.90. The van der Waals surface area contributed by atoms with Crippen molar-refractivity contribution in [2.24, 2.45) is 17.6 Å². The van der Waals surface area contributed by atoms with Gasteiger partial charge in [-0.05, 0) is 51.4 Å². The fourth-order valence-electron chi connectivity index (χ4n) is 4.16. The molecule has 0 aromatic carbocycles. The number of nitrogens with zero attached hydrogens (tertiary/aromatic N) is 3. The quantitative estimate of drug-likeness (QED) is 0.446. The van der Waals surface area contributed by atoms with E-state index in [4.69, 9.17) is 10.5 Å². The van der Waals surface area contributed by atoms with E-state index in [2.05, 4.69) is 5.43 Å². The van der Waals surface area contributed by atoms with Crippen LogP contribution in [0.1, 0.15) is 65.6 Å². The number of hydrogen-bond donors (Lipinski definition) is 2. The van der Waals surface area contributed by atoms with Crippen LogP contribution in [0.25, 0.3) is 0 Å². The van der Waals surface area contributed by atoms with Crippen LogP contribution in [0.3, 0.4) is 0 Å². The lowest BCUT2D eigenvalue weighted by atomic mass is 9.89. The molecular weight excluding hydrogens is 434 g/mol. The van der Waals surface area contributed by atoms with Gasteiger partial charge in [0.2, 0.25) is 5.91 Å². The van der Waals surface area contributed by atoms with Crippen LogP contribution in [0.5, 0.6) is 0 Å². The van der Waals surface area contributed by atoms with Gasteiger partial charge in [-0.2, -0.15) is 0 Å². The zero-order chi connectivity index (χ0) is 26.2. The predicted molar refractivity (Wildman–Crippen MR) is 134 cm³/mol. The summed E-state index contributed by atoms with van der Waals surface area (Å²) in [6, 6.07) is 2.49. The van der Waals surface area contributed by atoms with Crippen molar-refractivity contribution in [2.45, 2.75) is 84.5 Å². The Morgan fingerprint density at radius 1 is 1.12 bits per heavy atom. The minimum atomic E-state index is -1.20. The van der Waals surface area contributed by atoms with E-state index in [1.807, 2.05) is 53.6 Å². The third kappa shape index (κ3) is 7.38. The Hall–Kier alpha value is -2.23. The SMILES string of the molecule is CC[C@H](C)[C@@H]([C@@H](CC(=O)n1cccc1)OC)N(NC(=O)[C@H](C(C)C)N(C)C)C(=O)[C@@](C)(N)CC. The highest BCUT2D eigenvalue weighted by atomic mass is 16.5. The van der Waals surface area contributed by atoms with Crippen LogP contribution < -0.4 is 11.2 Å². The number of aromatic nitrogens is 1. The summed E-state index contributed by atoms with van der Waals surface area (Å²) >= 11 is 0. The lowest BCUT2D eigenvalue weighted by Crippen LogP contribution is -2.67. The monoisotopic (exact) mass is 479 g/mol. The van der Waals surface area contributed by atoms with Crippen molar-refractivity contribution in [3.05, 3.63) is 24.5 Å². The molecule has 0 aliphatic rings. The van der Waals surface area contributed by atoms with Crippen molar-refractivity contribution >= 4 is 17.7 Å². The molecule has 5 atom stereocenters. The molecule has 1 aromatic rings. The van der Waals surface area contributed by atoms with E-state index in [1.165, 1.54) is 16.7 Å². The predicted octanol–water partition coefficient (Wildman–Crippen LogP) is 2.52. The van der Waals surface area contributed by atoms with Gasteiger partial charge in [0.15, 0.2) is 0 Å². The van der Waals surface area contributed by atoms with Crippen LogP contribution in [0.4, 0.5) is 0 Å². The number of amides is 2. The molecule has 0 saturated carbocycles. The molecule has 1 rings (SSSR count). The van der Waals surface area contributed by atoms with Gasteiger partial charge in [-0.1, -0.05) is 41.0 Å². The van der Waals surface area contributed by atoms with Gasteiger partial charge in [-0.15, -0.1) is 0 Å². The van der Waals surface area contributed by atoms with Gasteiger partial charge in [0.25, 0.3) is 11.8 Å². The highest BCUT2D eigenvalue weighted by Gasteiger charge is 2.43. The molecule has 1 aromatic heterocycles. The highest BCUT2D eigenvalue weighted by Crippen LogP contribution is 2.25. The summed E-state index contributed by atoms with van der Waals surface area (Å²) in [5, 5.41) is 1.34. The Morgan fingerprint density at radius 2 is 1.68 bits per heavy atom. The molecule has 0 unspecified atom stereocenters. The first kappa shape index (κ1) is 29.8. The largest absolute Gasteiger partial charge is 0.379 e. The Morgan fingerprint density at radius 3 is 2.09 bits per heavy atom. The fraction of sp³-hybridized carbons (Fsp3) is 0.720. The number of nitrogens with two attached hydrogens (primary N) is 1. The molecule has 3 N–H and O–H groups in total. The topological polar surface area (TPSA) is 110 Å². The van der Waals surface area contributed by atoms with E-state index in [1.54, 1.807) is 31.5 Å². The molecule has 34 heavy (non-hydrogen) atoms. The van der Waals surface area contributed by atoms with Crippen LogP contribution in [0.15, 0.2) is 24.5 Å². The molecule has 9 nitrogen and oxygen atoms in total. The summed E-state index contributed by atoms with van der Waals surface area (Å²) < 4.78 is 7.28. The number of nitrogens with one attached hydrogen (secondary N) is 1. The Balaban J connectivity index is 3.48. The zero-order valence-corrected chi connectivity index (χ0v) is 22.4. The van der Waals surface area contributed by atoms with E-state index >= 15 is 0 Å². The molecule has 2 amide bonds. The van der Waals surface area contributed by atoms with Crippen molar-refractivity contribution < 1.29 is 19.1 Å². The maximum atomic E-state index is 13.7. The van der Waals surface area contributed by atoms with Gasteiger partial charge in [0, 0.05) is 19.5 Å². The Labute approximate surface area is 204 Å². The standard InChI is InChI=1S/C25H45N5O4/c1-10-18(5)22(19(34-9)16-20(31)29-14-12-13-15-29)30(24(33)25(6,26)11-2)27-23(32)21(17(3)4)28(7)8/h12-15,17-19,21-22H,10-11,16,26H2,1-9H3,(H,27,32)/t18-,19+,21-,22-,25-/m0/s1. The maximum absolute atomic E-state index is 13.7. The van der Waals surface area contributed by atoms with E-state index in [0.717, 1.165) is 0 Å². The molecule has 0 saturated heterocycles. The van der Waals surface area contributed by atoms with Gasteiger partial charge >= 0.3 is 0 Å². The van der Waals surface area contributed by atoms with E-state index in [-0.39, 0.29) is 30.1 Å². The molecule has 9 heteroatoms. The Bertz CT molecular complexity index is 783. The number of rotatable bonds is 12. The van der Waals surface area contributed by atoms with Crippen LogP contribution in [-0.2, 0) is 14.3 Å². The van der Waals surface area contributed by atoms with Crippen LogP contribution in [0.2, 0.25) is 0 Å². The maximum Gasteiger partial charge on any atom is 0.261 e. The third-order valence-corrected chi connectivity index (χ3v) is 6.61. The molecular formula is C25H45N5O4. The van der Waals surface area contributed by atoms with Crippen molar-refractivity contribution in [1.82, 2.24) is 19.9 Å². The molecule has 1 heterocycles. The van der Waals surface area contributed by atoms with Crippen LogP contribution in [0, 0.1) is 11.8 Å². The number of methoxy groups -OCH3 is 1. The minimum absolute atomic E-state index is 0.0120. The number of likely N-dealkylation sites (N-methyl/N-ethyl adjacent to an activating group) is 1. The summed E-state index contributed by atoms with van der Waals surface area (Å²) in [4.78, 5) is 41.8. The third-order valence-electron chi connectivity index (χ3n) is 6.61. The van der Waals surface area contributed by atoms with Crippen molar-refractivity contribution in [3.63, 3.8) is 0 Å². The first-order valence-electron chi connectivity index (χ1n) is 12.1. The zero-order valence-electron chi connectivity index (χ0n) is 22.4. The number of hydrazine groups is 1. The lowest BCUT2D eigenvalue weighted by Gasteiger charge is -2.43. The van der Waals surface area contributed by atoms with Crippen molar-refractivity contribution in [2.75, 3.05) is 21.2 Å². The van der Waals surface area contributed by atoms with Crippen LogP contribution in [-0.4, -0.2) is 77.1 Å².